The van der Waals surface area contributed by atoms with E-state index in [1.165, 1.54) is 12.1 Å². The first-order chi connectivity index (χ1) is 16.4. The van der Waals surface area contributed by atoms with Crippen LogP contribution in [0.3, 0.4) is 0 Å². The van der Waals surface area contributed by atoms with Gasteiger partial charge in [-0.2, -0.15) is 0 Å². The molecule has 2 aromatic rings. The monoisotopic (exact) mass is 468 g/mol. The van der Waals surface area contributed by atoms with E-state index >= 15 is 0 Å². The van der Waals surface area contributed by atoms with E-state index in [2.05, 4.69) is 27.5 Å². The molecule has 2 aliphatic rings. The standard InChI is InChI=1S/C26H33FN4O3/c1-30-21(9-12-24(32)28-15-18-5-10-22(34-2)11-6-18)16-29-26(33)25-23(30)13-14-31(25)17-19-3-7-20(27)8-4-19/h3-8,10-11,21,23,25H,9,12-17H2,1-2H3,(H,28,32)(H,29,33). The summed E-state index contributed by atoms with van der Waals surface area (Å²) in [5.41, 5.74) is 2.01. The van der Waals surface area contributed by atoms with Crippen LogP contribution >= 0.6 is 0 Å². The molecular formula is C26H33FN4O3. The van der Waals surface area contributed by atoms with E-state index in [0.717, 1.165) is 29.8 Å². The van der Waals surface area contributed by atoms with Gasteiger partial charge in [-0.25, -0.2) is 4.39 Å². The van der Waals surface area contributed by atoms with Gasteiger partial charge in [0, 0.05) is 44.7 Å². The molecular weight excluding hydrogens is 435 g/mol. The molecule has 8 heteroatoms. The zero-order valence-electron chi connectivity index (χ0n) is 19.8. The van der Waals surface area contributed by atoms with Crippen LogP contribution in [-0.4, -0.2) is 67.0 Å². The van der Waals surface area contributed by atoms with Crippen molar-refractivity contribution in [2.45, 2.75) is 50.5 Å². The smallest absolute Gasteiger partial charge is 0.239 e. The van der Waals surface area contributed by atoms with Gasteiger partial charge in [-0.05, 0) is 55.3 Å². The average molecular weight is 469 g/mol. The number of likely N-dealkylation sites (N-methyl/N-ethyl adjacent to an activating group) is 1. The lowest BCUT2D eigenvalue weighted by Gasteiger charge is -2.33. The molecule has 3 unspecified atom stereocenters. The molecule has 4 rings (SSSR count). The fourth-order valence-corrected chi connectivity index (χ4v) is 4.98. The molecule has 2 aliphatic heterocycles. The molecule has 2 saturated heterocycles. The summed E-state index contributed by atoms with van der Waals surface area (Å²) >= 11 is 0. The van der Waals surface area contributed by atoms with E-state index in [9.17, 15) is 14.0 Å². The quantitative estimate of drug-likeness (QED) is 0.622. The molecule has 34 heavy (non-hydrogen) atoms. The molecule has 0 spiro atoms. The van der Waals surface area contributed by atoms with Crippen molar-refractivity contribution in [3.8, 4) is 5.75 Å². The Labute approximate surface area is 200 Å². The first-order valence-electron chi connectivity index (χ1n) is 11.8. The van der Waals surface area contributed by atoms with Crippen molar-refractivity contribution < 1.29 is 18.7 Å². The lowest BCUT2D eigenvalue weighted by molar-refractivity contribution is -0.126. The highest BCUT2D eigenvalue weighted by molar-refractivity contribution is 5.83. The van der Waals surface area contributed by atoms with Gasteiger partial charge in [0.25, 0.3) is 0 Å². The molecule has 2 N–H and O–H groups in total. The molecule has 2 amide bonds. The number of nitrogens with zero attached hydrogens (tertiary/aromatic N) is 2. The Morgan fingerprint density at radius 1 is 1.15 bits per heavy atom. The van der Waals surface area contributed by atoms with Gasteiger partial charge >= 0.3 is 0 Å². The molecule has 0 aliphatic carbocycles. The number of carbonyl (C=O) groups excluding carboxylic acids is 2. The van der Waals surface area contributed by atoms with E-state index in [0.29, 0.717) is 32.5 Å². The minimum Gasteiger partial charge on any atom is -0.497 e. The van der Waals surface area contributed by atoms with Gasteiger partial charge in [-0.15, -0.1) is 0 Å². The van der Waals surface area contributed by atoms with Crippen LogP contribution in [0.4, 0.5) is 4.39 Å². The molecule has 2 fully saturated rings. The van der Waals surface area contributed by atoms with Gasteiger partial charge in [-0.1, -0.05) is 24.3 Å². The predicted octanol–water partition coefficient (Wildman–Crippen LogP) is 2.30. The maximum absolute atomic E-state index is 13.3. The Balaban J connectivity index is 1.30. The van der Waals surface area contributed by atoms with Crippen molar-refractivity contribution >= 4 is 11.8 Å². The number of methoxy groups -OCH3 is 1. The first kappa shape index (κ1) is 24.2. The molecule has 2 aromatic carbocycles. The number of halogens is 1. The minimum absolute atomic E-state index is 0.000648. The van der Waals surface area contributed by atoms with E-state index in [1.807, 2.05) is 24.3 Å². The van der Waals surface area contributed by atoms with Crippen LogP contribution < -0.4 is 15.4 Å². The molecule has 0 bridgehead atoms. The van der Waals surface area contributed by atoms with Gasteiger partial charge in [-0.3, -0.25) is 19.4 Å². The maximum atomic E-state index is 13.3. The summed E-state index contributed by atoms with van der Waals surface area (Å²) in [4.78, 5) is 29.9. The number of benzene rings is 2. The minimum atomic E-state index is -0.258. The molecule has 7 nitrogen and oxygen atoms in total. The van der Waals surface area contributed by atoms with Crippen LogP contribution in [0.5, 0.6) is 5.75 Å². The van der Waals surface area contributed by atoms with Crippen LogP contribution in [0.15, 0.2) is 48.5 Å². The van der Waals surface area contributed by atoms with Crippen molar-refractivity contribution in [3.63, 3.8) is 0 Å². The Bertz CT molecular complexity index is 983. The van der Waals surface area contributed by atoms with E-state index in [1.54, 1.807) is 19.2 Å². The number of ether oxygens (including phenoxy) is 1. The Kier molecular flexibility index (Phi) is 7.80. The van der Waals surface area contributed by atoms with Crippen molar-refractivity contribution in [1.29, 1.82) is 0 Å². The lowest BCUT2D eigenvalue weighted by atomic mass is 10.0. The van der Waals surface area contributed by atoms with Gasteiger partial charge in [0.2, 0.25) is 11.8 Å². The van der Waals surface area contributed by atoms with Gasteiger partial charge in [0.1, 0.15) is 17.6 Å². The molecule has 182 valence electrons. The first-order valence-corrected chi connectivity index (χ1v) is 11.8. The fraction of sp³-hybridized carbons (Fsp3) is 0.462. The number of hydrogen-bond donors (Lipinski definition) is 2. The molecule has 2 heterocycles. The number of carbonyl (C=O) groups is 2. The maximum Gasteiger partial charge on any atom is 0.239 e. The largest absolute Gasteiger partial charge is 0.497 e. The van der Waals surface area contributed by atoms with Crippen molar-refractivity contribution in [2.75, 3.05) is 27.2 Å². The Hall–Kier alpha value is -2.97. The Morgan fingerprint density at radius 3 is 2.56 bits per heavy atom. The van der Waals surface area contributed by atoms with Crippen molar-refractivity contribution in [1.82, 2.24) is 20.4 Å². The summed E-state index contributed by atoms with van der Waals surface area (Å²) in [6.07, 6.45) is 1.96. The molecule has 3 atom stereocenters. The van der Waals surface area contributed by atoms with Gasteiger partial charge < -0.3 is 15.4 Å². The summed E-state index contributed by atoms with van der Waals surface area (Å²) in [5.74, 6) is 0.560. The summed E-state index contributed by atoms with van der Waals surface area (Å²) in [6.45, 7) is 2.42. The van der Waals surface area contributed by atoms with Gasteiger partial charge in [0.05, 0.1) is 7.11 Å². The van der Waals surface area contributed by atoms with Crippen LogP contribution in [0.25, 0.3) is 0 Å². The number of amides is 2. The summed E-state index contributed by atoms with van der Waals surface area (Å²) in [5, 5.41) is 6.07. The molecule has 0 radical (unpaired) electrons. The van der Waals surface area contributed by atoms with Crippen LogP contribution in [-0.2, 0) is 22.7 Å². The number of hydrogen-bond acceptors (Lipinski definition) is 5. The van der Waals surface area contributed by atoms with E-state index in [4.69, 9.17) is 4.74 Å². The third-order valence-electron chi connectivity index (χ3n) is 7.00. The molecule has 0 saturated carbocycles. The highest BCUT2D eigenvalue weighted by Crippen LogP contribution is 2.28. The summed E-state index contributed by atoms with van der Waals surface area (Å²) < 4.78 is 18.4. The normalized spacial score (nSPS) is 23.1. The van der Waals surface area contributed by atoms with Crippen molar-refractivity contribution in [2.24, 2.45) is 0 Å². The average Bonchev–Trinajstić information content (AvgIpc) is 3.22. The van der Waals surface area contributed by atoms with E-state index in [-0.39, 0.29) is 35.8 Å². The van der Waals surface area contributed by atoms with Crippen molar-refractivity contribution in [3.05, 3.63) is 65.5 Å². The summed E-state index contributed by atoms with van der Waals surface area (Å²) in [6, 6.07) is 14.0. The zero-order valence-corrected chi connectivity index (χ0v) is 19.8. The fourth-order valence-electron chi connectivity index (χ4n) is 4.98. The number of likely N-dealkylation sites (tertiary alicyclic amines) is 1. The highest BCUT2D eigenvalue weighted by atomic mass is 19.1. The topological polar surface area (TPSA) is 73.9 Å². The van der Waals surface area contributed by atoms with Crippen LogP contribution in [0.2, 0.25) is 0 Å². The van der Waals surface area contributed by atoms with E-state index < -0.39 is 0 Å². The number of fused-ring (bicyclic) bond motifs is 1. The number of nitrogens with one attached hydrogen (secondary N) is 2. The van der Waals surface area contributed by atoms with Crippen LogP contribution in [0.1, 0.15) is 30.4 Å². The number of rotatable bonds is 8. The van der Waals surface area contributed by atoms with Gasteiger partial charge in [0.15, 0.2) is 0 Å². The summed E-state index contributed by atoms with van der Waals surface area (Å²) in [7, 11) is 3.68. The Morgan fingerprint density at radius 2 is 1.85 bits per heavy atom. The SMILES string of the molecule is COc1ccc(CNC(=O)CCC2CNC(=O)C3C(CCN3Cc3ccc(F)cc3)N2C)cc1. The third kappa shape index (κ3) is 5.74. The second kappa shape index (κ2) is 11.0. The second-order valence-corrected chi connectivity index (χ2v) is 9.13. The second-order valence-electron chi connectivity index (χ2n) is 9.13. The third-order valence-corrected chi connectivity index (χ3v) is 7.00. The zero-order chi connectivity index (χ0) is 24.1. The highest BCUT2D eigenvalue weighted by Gasteiger charge is 2.44. The van der Waals surface area contributed by atoms with Crippen LogP contribution in [0, 0.1) is 5.82 Å². The lowest BCUT2D eigenvalue weighted by Crippen LogP contribution is -2.49. The predicted molar refractivity (Wildman–Crippen MR) is 128 cm³/mol. The molecule has 0 aromatic heterocycles.